The summed E-state index contributed by atoms with van der Waals surface area (Å²) < 4.78 is 5.74. The lowest BCUT2D eigenvalue weighted by Gasteiger charge is -2.36. The van der Waals surface area contributed by atoms with E-state index in [2.05, 4.69) is 58.6 Å². The van der Waals surface area contributed by atoms with E-state index in [0.29, 0.717) is 118 Å². The molecule has 7 rings (SSSR count). The third-order valence-corrected chi connectivity index (χ3v) is 11.1. The molecule has 3 aliphatic rings. The van der Waals surface area contributed by atoms with Gasteiger partial charge in [-0.05, 0) is 66.9 Å². The summed E-state index contributed by atoms with van der Waals surface area (Å²) in [5.41, 5.74) is 4.99. The van der Waals surface area contributed by atoms with Gasteiger partial charge < -0.3 is 46.0 Å². The van der Waals surface area contributed by atoms with Gasteiger partial charge in [-0.2, -0.15) is 4.98 Å². The molecule has 0 radical (unpaired) electrons. The first kappa shape index (κ1) is 44.3. The second-order valence-electron chi connectivity index (χ2n) is 15.0. The number of rotatable bonds is 16. The third-order valence-electron chi connectivity index (χ3n) is 10.8. The van der Waals surface area contributed by atoms with Crippen LogP contribution in [0, 0.1) is 11.8 Å². The van der Waals surface area contributed by atoms with Crippen LogP contribution in [0.4, 0.5) is 33.6 Å². The minimum atomic E-state index is -0.654. The lowest BCUT2D eigenvalue weighted by atomic mass is 10.0. The fourth-order valence-corrected chi connectivity index (χ4v) is 7.62. The fourth-order valence-electron chi connectivity index (χ4n) is 7.48. The van der Waals surface area contributed by atoms with Gasteiger partial charge in [0.05, 0.1) is 24.1 Å². The molecule has 2 fully saturated rings. The molecule has 0 aliphatic carbocycles. The molecular weight excluding hydrogens is 826 g/mol. The smallest absolute Gasteiger partial charge is 0.317 e. The van der Waals surface area contributed by atoms with Crippen molar-refractivity contribution in [1.82, 2.24) is 41.0 Å². The predicted octanol–water partition coefficient (Wildman–Crippen LogP) is 4.01. The molecule has 6 amide bonds. The summed E-state index contributed by atoms with van der Waals surface area (Å²) in [7, 11) is 1.57. The predicted molar refractivity (Wildman–Crippen MR) is 239 cm³/mol. The number of carbonyl (C=O) groups is 5. The Hall–Kier alpha value is -6.74. The van der Waals surface area contributed by atoms with Crippen molar-refractivity contribution < 1.29 is 28.7 Å². The number of carbonyl (C=O) groups excluding carboxylic acids is 5. The van der Waals surface area contributed by atoms with Gasteiger partial charge in [-0.1, -0.05) is 41.6 Å². The van der Waals surface area contributed by atoms with E-state index in [1.807, 2.05) is 41.3 Å². The van der Waals surface area contributed by atoms with Gasteiger partial charge in [0.25, 0.3) is 11.8 Å². The van der Waals surface area contributed by atoms with Crippen LogP contribution in [0.3, 0.4) is 0 Å². The molecule has 6 N–H and O–H groups in total. The van der Waals surface area contributed by atoms with Gasteiger partial charge >= 0.3 is 6.03 Å². The van der Waals surface area contributed by atoms with Crippen LogP contribution in [0.25, 0.3) is 0 Å². The van der Waals surface area contributed by atoms with E-state index in [1.54, 1.807) is 37.4 Å². The number of benzene rings is 3. The molecule has 3 aliphatic heterocycles. The Kier molecular flexibility index (Phi) is 15.0. The van der Waals surface area contributed by atoms with Gasteiger partial charge in [0.1, 0.15) is 11.1 Å². The number of piperazine rings is 1. The molecular formula is C45H50ClN11O6. The summed E-state index contributed by atoms with van der Waals surface area (Å²) in [6.07, 6.45) is 3.34. The van der Waals surface area contributed by atoms with Gasteiger partial charge in [-0.25, -0.2) is 9.78 Å². The second kappa shape index (κ2) is 21.4. The highest BCUT2D eigenvalue weighted by Crippen LogP contribution is 2.30. The zero-order chi connectivity index (χ0) is 44.1. The Labute approximate surface area is 370 Å². The van der Waals surface area contributed by atoms with Crippen molar-refractivity contribution in [3.05, 3.63) is 100 Å². The van der Waals surface area contributed by atoms with E-state index in [0.717, 1.165) is 22.5 Å². The zero-order valence-corrected chi connectivity index (χ0v) is 35.7. The number of nitrogens with one attached hydrogen (secondary N) is 6. The monoisotopic (exact) mass is 875 g/mol. The molecule has 328 valence electrons. The largest absolute Gasteiger partial charge is 0.380 e. The van der Waals surface area contributed by atoms with Crippen molar-refractivity contribution in [2.75, 3.05) is 81.6 Å². The number of imide groups is 1. The van der Waals surface area contributed by atoms with Crippen LogP contribution >= 0.6 is 11.6 Å². The standard InChI is InChI=1S/C45H50ClN11O6/c1-47-41(59)34-10-2-3-12-37(34)52-40-36(46)28-50-44(54-40)51-31-13-15-32(16-14-31)55-22-24-56(25-23-55)45(62)49-20-7-26-63-27-21-48-19-5-4-8-30-9-6-11-33-35(30)29-57(43(33)61)38-17-18-39(58)53-42(38)60/h2-3,6,9-16,28,38,48H,5,7,17-27,29H2,1H3,(H,47,59)(H,49,62)(H,53,58,60)(H2,50,51,52,54). The Bertz CT molecular complexity index is 2380. The summed E-state index contributed by atoms with van der Waals surface area (Å²) >= 11 is 6.39. The number of para-hydroxylation sites is 1. The lowest BCUT2D eigenvalue weighted by molar-refractivity contribution is -0.136. The van der Waals surface area contributed by atoms with Crippen molar-refractivity contribution in [1.29, 1.82) is 0 Å². The molecule has 0 bridgehead atoms. The van der Waals surface area contributed by atoms with Crippen LogP contribution in [0.5, 0.6) is 0 Å². The molecule has 0 saturated carbocycles. The minimum absolute atomic E-state index is 0.0791. The highest BCUT2D eigenvalue weighted by atomic mass is 35.5. The first-order valence-corrected chi connectivity index (χ1v) is 21.4. The van der Waals surface area contributed by atoms with Crippen molar-refractivity contribution in [2.24, 2.45) is 0 Å². The van der Waals surface area contributed by atoms with Crippen LogP contribution < -0.4 is 36.8 Å². The molecule has 4 aromatic rings. The molecule has 1 atom stereocenters. The van der Waals surface area contributed by atoms with Gasteiger partial charge in [-0.3, -0.25) is 24.5 Å². The first-order chi connectivity index (χ1) is 30.7. The average Bonchev–Trinajstić information content (AvgIpc) is 3.64. The quantitative estimate of drug-likeness (QED) is 0.0538. The maximum Gasteiger partial charge on any atom is 0.317 e. The van der Waals surface area contributed by atoms with Crippen molar-refractivity contribution in [3.63, 3.8) is 0 Å². The Morgan fingerprint density at radius 2 is 1.75 bits per heavy atom. The van der Waals surface area contributed by atoms with Crippen LogP contribution in [0.15, 0.2) is 72.9 Å². The molecule has 0 spiro atoms. The van der Waals surface area contributed by atoms with Gasteiger partial charge in [0.2, 0.25) is 17.8 Å². The van der Waals surface area contributed by atoms with Crippen molar-refractivity contribution >= 4 is 70.1 Å². The number of amides is 6. The average molecular weight is 876 g/mol. The maximum atomic E-state index is 13.0. The van der Waals surface area contributed by atoms with Crippen LogP contribution in [0.1, 0.15) is 57.5 Å². The molecule has 17 nitrogen and oxygen atoms in total. The lowest BCUT2D eigenvalue weighted by Crippen LogP contribution is -2.52. The van der Waals surface area contributed by atoms with Gasteiger partial charge in [0.15, 0.2) is 5.82 Å². The molecule has 2 saturated heterocycles. The van der Waals surface area contributed by atoms with E-state index in [9.17, 15) is 24.0 Å². The molecule has 63 heavy (non-hydrogen) atoms. The van der Waals surface area contributed by atoms with Crippen molar-refractivity contribution in [3.8, 4) is 11.8 Å². The van der Waals surface area contributed by atoms with Gasteiger partial charge in [-0.15, -0.1) is 0 Å². The number of anilines is 5. The number of hydrogen-bond acceptors (Lipinski definition) is 12. The summed E-state index contributed by atoms with van der Waals surface area (Å²) in [6, 6.07) is 19.7. The number of urea groups is 1. The molecule has 3 aromatic carbocycles. The van der Waals surface area contributed by atoms with E-state index < -0.39 is 11.9 Å². The number of nitrogens with zero attached hydrogens (tertiary/aromatic N) is 5. The highest BCUT2D eigenvalue weighted by Gasteiger charge is 2.39. The van der Waals surface area contributed by atoms with E-state index in [1.165, 1.54) is 11.1 Å². The number of halogens is 1. The third kappa shape index (κ3) is 11.4. The molecule has 1 aromatic heterocycles. The van der Waals surface area contributed by atoms with Crippen LogP contribution in [0.2, 0.25) is 5.02 Å². The Morgan fingerprint density at radius 1 is 0.937 bits per heavy atom. The minimum Gasteiger partial charge on any atom is -0.380 e. The van der Waals surface area contributed by atoms with E-state index >= 15 is 0 Å². The summed E-state index contributed by atoms with van der Waals surface area (Å²) in [6.45, 7) is 5.85. The number of aromatic nitrogens is 2. The summed E-state index contributed by atoms with van der Waals surface area (Å²) in [5.74, 6) is 5.87. The van der Waals surface area contributed by atoms with E-state index in [4.69, 9.17) is 16.3 Å². The number of hydrogen-bond donors (Lipinski definition) is 6. The number of ether oxygens (including phenoxy) is 1. The highest BCUT2D eigenvalue weighted by molar-refractivity contribution is 6.33. The fraction of sp³-hybridized carbons (Fsp3) is 0.356. The number of fused-ring (bicyclic) bond motifs is 1. The maximum absolute atomic E-state index is 13.0. The SMILES string of the molecule is CNC(=O)c1ccccc1Nc1nc(Nc2ccc(N3CCN(C(=O)NCCCOCCNCCC#Cc4cccc5c4CN(C4CCC(=O)NC4=O)C5=O)CC3)cc2)ncc1Cl. The molecule has 4 heterocycles. The summed E-state index contributed by atoms with van der Waals surface area (Å²) in [4.78, 5) is 76.6. The van der Waals surface area contributed by atoms with Crippen LogP contribution in [-0.2, 0) is 20.9 Å². The molecule has 18 heteroatoms. The Balaban J connectivity index is 0.742. The van der Waals surface area contributed by atoms with Gasteiger partial charge in [0, 0.05) is 101 Å². The van der Waals surface area contributed by atoms with Crippen LogP contribution in [-0.4, -0.2) is 122 Å². The Morgan fingerprint density at radius 3 is 2.54 bits per heavy atom. The number of piperidine rings is 1. The van der Waals surface area contributed by atoms with Crippen molar-refractivity contribution in [2.45, 2.75) is 38.3 Å². The second-order valence-corrected chi connectivity index (χ2v) is 15.4. The zero-order valence-electron chi connectivity index (χ0n) is 35.0. The first-order valence-electron chi connectivity index (χ1n) is 21.0. The molecule has 1 unspecified atom stereocenters. The van der Waals surface area contributed by atoms with E-state index in [-0.39, 0.29) is 30.2 Å². The summed E-state index contributed by atoms with van der Waals surface area (Å²) in [5, 5.41) is 17.9. The topological polar surface area (TPSA) is 202 Å². The normalized spacial score (nSPS) is 15.9.